The number of anilines is 1. The molecule has 0 bridgehead atoms. The van der Waals surface area contributed by atoms with Gasteiger partial charge in [0.15, 0.2) is 5.82 Å². The predicted octanol–water partition coefficient (Wildman–Crippen LogP) is 3.26. The molecule has 1 fully saturated rings. The summed E-state index contributed by atoms with van der Waals surface area (Å²) in [4.78, 5) is 24.5. The maximum atomic E-state index is 12.7. The van der Waals surface area contributed by atoms with E-state index in [0.29, 0.717) is 31.0 Å². The number of benzene rings is 1. The van der Waals surface area contributed by atoms with Crippen LogP contribution in [0, 0.1) is 0 Å². The first-order valence-corrected chi connectivity index (χ1v) is 10.8. The summed E-state index contributed by atoms with van der Waals surface area (Å²) < 4.78 is 5.08. The number of aliphatic hydroxyl groups is 1. The van der Waals surface area contributed by atoms with E-state index in [1.165, 1.54) is 12.5 Å². The Hall–Kier alpha value is -3.19. The minimum Gasteiger partial charge on any atom is -0.472 e. The van der Waals surface area contributed by atoms with E-state index < -0.39 is 0 Å². The molecule has 1 aromatic carbocycles. The summed E-state index contributed by atoms with van der Waals surface area (Å²) in [5, 5.41) is 12.6. The Morgan fingerprint density at radius 1 is 1.13 bits per heavy atom. The number of aliphatic hydroxyl groups excluding tert-OH is 1. The Kier molecular flexibility index (Phi) is 5.19. The zero-order chi connectivity index (χ0) is 21.3. The summed E-state index contributed by atoms with van der Waals surface area (Å²) in [6.45, 7) is 1.91. The van der Waals surface area contributed by atoms with E-state index in [2.05, 4.69) is 5.32 Å². The van der Waals surface area contributed by atoms with E-state index >= 15 is 0 Å². The van der Waals surface area contributed by atoms with Crippen LogP contribution in [0.3, 0.4) is 0 Å². The third kappa shape index (κ3) is 3.59. The van der Waals surface area contributed by atoms with Gasteiger partial charge in [-0.2, -0.15) is 0 Å². The normalized spacial score (nSPS) is 17.0. The number of piperidine rings is 1. The number of nitrogens with zero attached hydrogens (tertiary/aromatic N) is 3. The van der Waals surface area contributed by atoms with Crippen molar-refractivity contribution in [2.45, 2.75) is 31.1 Å². The smallest absolute Gasteiger partial charge is 0.257 e. The molecule has 1 saturated heterocycles. The molecule has 1 aliphatic heterocycles. The first-order valence-electron chi connectivity index (χ1n) is 10.8. The summed E-state index contributed by atoms with van der Waals surface area (Å²) in [7, 11) is 0. The van der Waals surface area contributed by atoms with Gasteiger partial charge < -0.3 is 19.7 Å². The minimum absolute atomic E-state index is 0.0276. The number of hydrogen-bond donors (Lipinski definition) is 2. The molecule has 7 heteroatoms. The second-order valence-electron chi connectivity index (χ2n) is 8.32. The number of fused-ring (bicyclic) bond motifs is 2. The summed E-state index contributed by atoms with van der Waals surface area (Å²) in [6.07, 6.45) is 6.73. The Balaban J connectivity index is 1.46. The second-order valence-corrected chi connectivity index (χ2v) is 8.32. The van der Waals surface area contributed by atoms with Gasteiger partial charge in [-0.05, 0) is 31.7 Å². The van der Waals surface area contributed by atoms with Gasteiger partial charge in [0, 0.05) is 36.2 Å². The number of amides is 1. The summed E-state index contributed by atoms with van der Waals surface area (Å²) in [6, 6.07) is 11.7. The van der Waals surface area contributed by atoms with Crippen molar-refractivity contribution in [3.8, 4) is 11.4 Å². The Bertz CT molecular complexity index is 1060. The quantitative estimate of drug-likeness (QED) is 0.661. The molecular weight excluding hydrogens is 392 g/mol. The topological polar surface area (TPSA) is 91.5 Å². The Morgan fingerprint density at radius 2 is 1.94 bits per heavy atom. The van der Waals surface area contributed by atoms with Gasteiger partial charge in [0.25, 0.3) is 5.91 Å². The van der Waals surface area contributed by atoms with Crippen molar-refractivity contribution in [3.63, 3.8) is 0 Å². The lowest BCUT2D eigenvalue weighted by Gasteiger charge is -2.39. The van der Waals surface area contributed by atoms with Crippen LogP contribution in [0.1, 0.15) is 40.9 Å². The van der Waals surface area contributed by atoms with Crippen LogP contribution in [-0.4, -0.2) is 52.1 Å². The number of carbonyl (C=O) groups excluding carboxylic acids is 1. The molecule has 0 radical (unpaired) electrons. The lowest BCUT2D eigenvalue weighted by molar-refractivity contribution is 0.0663. The van der Waals surface area contributed by atoms with Crippen LogP contribution in [0.25, 0.3) is 11.4 Å². The highest BCUT2D eigenvalue weighted by molar-refractivity contribution is 5.93. The molecule has 5 rings (SSSR count). The van der Waals surface area contributed by atoms with Crippen molar-refractivity contribution in [1.29, 1.82) is 0 Å². The fourth-order valence-corrected chi connectivity index (χ4v) is 4.87. The SMILES string of the molecule is O=C(c1ccoc1)N1CCC2(CCc3c(NCCO)nc(-c4ccccc4)nc32)CC1. The number of hydrogen-bond acceptors (Lipinski definition) is 6. The lowest BCUT2D eigenvalue weighted by Crippen LogP contribution is -2.44. The fourth-order valence-electron chi connectivity index (χ4n) is 4.87. The molecular formula is C24H26N4O3. The molecule has 160 valence electrons. The van der Waals surface area contributed by atoms with Crippen LogP contribution in [0.5, 0.6) is 0 Å². The Morgan fingerprint density at radius 3 is 2.65 bits per heavy atom. The number of furan rings is 1. The molecule has 31 heavy (non-hydrogen) atoms. The van der Waals surface area contributed by atoms with Crippen molar-refractivity contribution in [3.05, 3.63) is 65.7 Å². The van der Waals surface area contributed by atoms with Gasteiger partial charge in [-0.15, -0.1) is 0 Å². The van der Waals surface area contributed by atoms with Gasteiger partial charge in [-0.25, -0.2) is 9.97 Å². The summed E-state index contributed by atoms with van der Waals surface area (Å²) in [5.74, 6) is 1.56. The molecule has 1 amide bonds. The molecule has 0 saturated carbocycles. The largest absolute Gasteiger partial charge is 0.472 e. The highest BCUT2D eigenvalue weighted by Gasteiger charge is 2.45. The molecule has 7 nitrogen and oxygen atoms in total. The second kappa shape index (κ2) is 8.15. The zero-order valence-electron chi connectivity index (χ0n) is 17.4. The van der Waals surface area contributed by atoms with Crippen molar-refractivity contribution < 1.29 is 14.3 Å². The number of rotatable bonds is 5. The predicted molar refractivity (Wildman–Crippen MR) is 117 cm³/mol. The lowest BCUT2D eigenvalue weighted by atomic mass is 9.76. The standard InChI is InChI=1S/C24H26N4O3/c29-14-11-25-22-19-6-8-24(20(19)26-21(27-22)17-4-2-1-3-5-17)9-12-28(13-10-24)23(30)18-7-15-31-16-18/h1-5,7,15-16,29H,6,8-14H2,(H,25,26,27). The van der Waals surface area contributed by atoms with Crippen molar-refractivity contribution >= 4 is 11.7 Å². The molecule has 2 aromatic heterocycles. The van der Waals surface area contributed by atoms with Crippen LogP contribution in [0.4, 0.5) is 5.82 Å². The van der Waals surface area contributed by atoms with Gasteiger partial charge in [0.2, 0.25) is 0 Å². The van der Waals surface area contributed by atoms with Crippen molar-refractivity contribution in [2.24, 2.45) is 0 Å². The highest BCUT2D eigenvalue weighted by atomic mass is 16.3. The van der Waals surface area contributed by atoms with Gasteiger partial charge in [-0.3, -0.25) is 4.79 Å². The average Bonchev–Trinajstić information content (AvgIpc) is 3.48. The van der Waals surface area contributed by atoms with Gasteiger partial charge in [-0.1, -0.05) is 30.3 Å². The first kappa shape index (κ1) is 19.8. The maximum absolute atomic E-state index is 12.7. The van der Waals surface area contributed by atoms with E-state index in [1.54, 1.807) is 6.07 Å². The minimum atomic E-state index is -0.0371. The van der Waals surface area contributed by atoms with Gasteiger partial charge in [0.1, 0.15) is 12.1 Å². The van der Waals surface area contributed by atoms with E-state index in [1.807, 2.05) is 35.2 Å². The number of carbonyl (C=O) groups is 1. The zero-order valence-corrected chi connectivity index (χ0v) is 17.4. The van der Waals surface area contributed by atoms with Crippen LogP contribution < -0.4 is 5.32 Å². The maximum Gasteiger partial charge on any atom is 0.257 e. The van der Waals surface area contributed by atoms with Crippen LogP contribution in [-0.2, 0) is 11.8 Å². The summed E-state index contributed by atoms with van der Waals surface area (Å²) >= 11 is 0. The Labute approximate surface area is 181 Å². The summed E-state index contributed by atoms with van der Waals surface area (Å²) in [5.41, 5.74) is 3.81. The molecule has 1 spiro atoms. The van der Waals surface area contributed by atoms with E-state index in [4.69, 9.17) is 14.4 Å². The molecule has 1 aliphatic carbocycles. The molecule has 2 N–H and O–H groups in total. The number of aromatic nitrogens is 2. The van der Waals surface area contributed by atoms with Crippen molar-refractivity contribution in [1.82, 2.24) is 14.9 Å². The first-order chi connectivity index (χ1) is 15.2. The van der Waals surface area contributed by atoms with Gasteiger partial charge >= 0.3 is 0 Å². The number of likely N-dealkylation sites (tertiary alicyclic amines) is 1. The molecule has 3 aromatic rings. The fraction of sp³-hybridized carbons (Fsp3) is 0.375. The molecule has 3 heterocycles. The van der Waals surface area contributed by atoms with E-state index in [0.717, 1.165) is 48.3 Å². The van der Waals surface area contributed by atoms with Crippen LogP contribution in [0.15, 0.2) is 53.3 Å². The highest BCUT2D eigenvalue weighted by Crippen LogP contribution is 2.47. The van der Waals surface area contributed by atoms with Gasteiger partial charge in [0.05, 0.1) is 24.1 Å². The third-order valence-corrected chi connectivity index (χ3v) is 6.58. The molecule has 0 atom stereocenters. The van der Waals surface area contributed by atoms with E-state index in [-0.39, 0.29) is 17.9 Å². The number of nitrogens with one attached hydrogen (secondary N) is 1. The van der Waals surface area contributed by atoms with Crippen LogP contribution >= 0.6 is 0 Å². The monoisotopic (exact) mass is 418 g/mol. The average molecular weight is 418 g/mol. The molecule has 0 unspecified atom stereocenters. The van der Waals surface area contributed by atoms with Crippen LogP contribution in [0.2, 0.25) is 0 Å². The molecule has 2 aliphatic rings. The van der Waals surface area contributed by atoms with Crippen molar-refractivity contribution in [2.75, 3.05) is 31.6 Å². The van der Waals surface area contributed by atoms with E-state index in [9.17, 15) is 9.90 Å². The third-order valence-electron chi connectivity index (χ3n) is 6.58.